The first-order valence-corrected chi connectivity index (χ1v) is 8.20. The van der Waals surface area contributed by atoms with Crippen molar-refractivity contribution in [2.75, 3.05) is 18.0 Å². The number of aliphatic carboxylic acids is 1. The number of anilines is 1. The SMILES string of the molecule is C[C@@H]1CCCN(c2ccc(CC[C@@H]3C[C@H]3C(=O)O)cc2)C1. The fourth-order valence-electron chi connectivity index (χ4n) is 3.52. The number of rotatable bonds is 5. The van der Waals surface area contributed by atoms with E-state index in [1.807, 2.05) is 0 Å². The van der Waals surface area contributed by atoms with Crippen molar-refractivity contribution in [1.82, 2.24) is 0 Å². The summed E-state index contributed by atoms with van der Waals surface area (Å²) in [5.74, 6) is 0.514. The van der Waals surface area contributed by atoms with Gasteiger partial charge in [0.1, 0.15) is 0 Å². The van der Waals surface area contributed by atoms with E-state index in [1.54, 1.807) is 0 Å². The van der Waals surface area contributed by atoms with Gasteiger partial charge in [-0.25, -0.2) is 0 Å². The van der Waals surface area contributed by atoms with Crippen LogP contribution in [0.3, 0.4) is 0 Å². The molecule has 1 aromatic rings. The van der Waals surface area contributed by atoms with Crippen LogP contribution in [0.5, 0.6) is 0 Å². The average molecular weight is 287 g/mol. The van der Waals surface area contributed by atoms with E-state index in [9.17, 15) is 4.79 Å². The summed E-state index contributed by atoms with van der Waals surface area (Å²) in [5, 5.41) is 8.92. The first-order valence-electron chi connectivity index (χ1n) is 8.20. The summed E-state index contributed by atoms with van der Waals surface area (Å²) in [5.41, 5.74) is 2.67. The van der Waals surface area contributed by atoms with Gasteiger partial charge < -0.3 is 10.0 Å². The highest BCUT2D eigenvalue weighted by Gasteiger charge is 2.42. The maximum Gasteiger partial charge on any atom is 0.306 e. The van der Waals surface area contributed by atoms with Crippen LogP contribution in [0, 0.1) is 17.8 Å². The van der Waals surface area contributed by atoms with Crippen LogP contribution in [0.1, 0.15) is 38.2 Å². The molecule has 3 rings (SSSR count). The molecule has 1 saturated carbocycles. The van der Waals surface area contributed by atoms with Crippen molar-refractivity contribution >= 4 is 11.7 Å². The standard InChI is InChI=1S/C18H25NO2/c1-13-3-2-10-19(12-13)16-8-5-14(6-9-16)4-7-15-11-17(15)18(20)21/h5-6,8-9,13,15,17H,2-4,7,10-12H2,1H3,(H,20,21)/t13-,15-,17-/m1/s1. The molecule has 1 aromatic carbocycles. The molecule has 114 valence electrons. The lowest BCUT2D eigenvalue weighted by Crippen LogP contribution is -2.34. The third kappa shape index (κ3) is 3.58. The Bertz CT molecular complexity index is 496. The number of nitrogens with zero attached hydrogens (tertiary/aromatic N) is 1. The van der Waals surface area contributed by atoms with Crippen LogP contribution in [0.2, 0.25) is 0 Å². The first-order chi connectivity index (χ1) is 10.1. The third-order valence-corrected chi connectivity index (χ3v) is 5.00. The first kappa shape index (κ1) is 14.4. The Labute approximate surface area is 127 Å². The topological polar surface area (TPSA) is 40.5 Å². The number of aryl methyl sites for hydroxylation is 1. The van der Waals surface area contributed by atoms with Crippen molar-refractivity contribution in [3.8, 4) is 0 Å². The Balaban J connectivity index is 1.51. The largest absolute Gasteiger partial charge is 0.481 e. The van der Waals surface area contributed by atoms with Gasteiger partial charge in [-0.3, -0.25) is 4.79 Å². The van der Waals surface area contributed by atoms with Gasteiger partial charge in [0.2, 0.25) is 0 Å². The van der Waals surface area contributed by atoms with Gasteiger partial charge in [0, 0.05) is 18.8 Å². The molecule has 1 aliphatic carbocycles. The normalized spacial score (nSPS) is 28.4. The van der Waals surface area contributed by atoms with Crippen molar-refractivity contribution in [3.63, 3.8) is 0 Å². The van der Waals surface area contributed by atoms with Crippen LogP contribution in [0.4, 0.5) is 5.69 Å². The van der Waals surface area contributed by atoms with Gasteiger partial charge >= 0.3 is 5.97 Å². The minimum atomic E-state index is -0.616. The molecular formula is C18H25NO2. The van der Waals surface area contributed by atoms with Gasteiger partial charge in [0.25, 0.3) is 0 Å². The molecule has 3 nitrogen and oxygen atoms in total. The molecule has 0 radical (unpaired) electrons. The zero-order chi connectivity index (χ0) is 14.8. The second kappa shape index (κ2) is 6.08. The molecule has 0 bridgehead atoms. The van der Waals surface area contributed by atoms with E-state index in [0.717, 1.165) is 25.2 Å². The van der Waals surface area contributed by atoms with Crippen LogP contribution in [0.25, 0.3) is 0 Å². The van der Waals surface area contributed by atoms with E-state index in [2.05, 4.69) is 36.1 Å². The summed E-state index contributed by atoms with van der Waals surface area (Å²) >= 11 is 0. The lowest BCUT2D eigenvalue weighted by molar-refractivity contribution is -0.138. The molecule has 0 amide bonds. The van der Waals surface area contributed by atoms with Gasteiger partial charge in [-0.05, 0) is 61.6 Å². The molecule has 0 spiro atoms. The summed E-state index contributed by atoms with van der Waals surface area (Å²) in [6.45, 7) is 4.67. The summed E-state index contributed by atoms with van der Waals surface area (Å²) in [7, 11) is 0. The van der Waals surface area contributed by atoms with E-state index in [4.69, 9.17) is 5.11 Å². The summed E-state index contributed by atoms with van der Waals surface area (Å²) in [4.78, 5) is 13.3. The predicted molar refractivity (Wildman–Crippen MR) is 84.6 cm³/mol. The van der Waals surface area contributed by atoms with E-state index < -0.39 is 5.97 Å². The molecule has 2 aliphatic rings. The van der Waals surface area contributed by atoms with Crippen LogP contribution in [-0.4, -0.2) is 24.2 Å². The van der Waals surface area contributed by atoms with Gasteiger partial charge in [-0.2, -0.15) is 0 Å². The second-order valence-electron chi connectivity index (χ2n) is 6.84. The van der Waals surface area contributed by atoms with Crippen molar-refractivity contribution in [2.45, 2.75) is 39.0 Å². The third-order valence-electron chi connectivity index (χ3n) is 5.00. The number of carbonyl (C=O) groups is 1. The van der Waals surface area contributed by atoms with Crippen molar-refractivity contribution in [1.29, 1.82) is 0 Å². The van der Waals surface area contributed by atoms with E-state index >= 15 is 0 Å². The Kier molecular flexibility index (Phi) is 4.18. The highest BCUT2D eigenvalue weighted by atomic mass is 16.4. The Hall–Kier alpha value is -1.51. The zero-order valence-electron chi connectivity index (χ0n) is 12.8. The molecule has 1 saturated heterocycles. The van der Waals surface area contributed by atoms with Gasteiger partial charge in [0.05, 0.1) is 5.92 Å². The molecule has 2 fully saturated rings. The minimum absolute atomic E-state index is 0.0703. The van der Waals surface area contributed by atoms with Crippen molar-refractivity contribution < 1.29 is 9.90 Å². The Morgan fingerprint density at radius 2 is 2.10 bits per heavy atom. The fraction of sp³-hybridized carbons (Fsp3) is 0.611. The van der Waals surface area contributed by atoms with Crippen LogP contribution in [0.15, 0.2) is 24.3 Å². The summed E-state index contributed by atoms with van der Waals surface area (Å²) < 4.78 is 0. The second-order valence-corrected chi connectivity index (χ2v) is 6.84. The molecule has 1 N–H and O–H groups in total. The highest BCUT2D eigenvalue weighted by Crippen LogP contribution is 2.42. The predicted octanol–water partition coefficient (Wildman–Crippen LogP) is 3.58. The van der Waals surface area contributed by atoms with Crippen LogP contribution < -0.4 is 4.90 Å². The van der Waals surface area contributed by atoms with Gasteiger partial charge in [0.15, 0.2) is 0 Å². The van der Waals surface area contributed by atoms with E-state index in [-0.39, 0.29) is 5.92 Å². The molecule has 1 aliphatic heterocycles. The molecule has 0 aromatic heterocycles. The maximum atomic E-state index is 10.8. The zero-order valence-corrected chi connectivity index (χ0v) is 12.8. The number of piperidine rings is 1. The highest BCUT2D eigenvalue weighted by molar-refractivity contribution is 5.73. The number of carboxylic acids is 1. The van der Waals surface area contributed by atoms with Crippen LogP contribution >= 0.6 is 0 Å². The Morgan fingerprint density at radius 1 is 1.33 bits per heavy atom. The molecule has 3 atom stereocenters. The number of hydrogen-bond acceptors (Lipinski definition) is 2. The monoisotopic (exact) mass is 287 g/mol. The van der Waals surface area contributed by atoms with E-state index in [0.29, 0.717) is 5.92 Å². The molecule has 1 heterocycles. The number of hydrogen-bond donors (Lipinski definition) is 1. The molecule has 21 heavy (non-hydrogen) atoms. The smallest absolute Gasteiger partial charge is 0.306 e. The summed E-state index contributed by atoms with van der Waals surface area (Å²) in [6, 6.07) is 8.89. The fourth-order valence-corrected chi connectivity index (χ4v) is 3.52. The quantitative estimate of drug-likeness (QED) is 0.900. The number of benzene rings is 1. The molecular weight excluding hydrogens is 262 g/mol. The van der Waals surface area contributed by atoms with Gasteiger partial charge in [-0.1, -0.05) is 19.1 Å². The van der Waals surface area contributed by atoms with E-state index in [1.165, 1.54) is 37.2 Å². The van der Waals surface area contributed by atoms with Crippen LogP contribution in [-0.2, 0) is 11.2 Å². The number of carboxylic acid groups (broad SMARTS) is 1. The minimum Gasteiger partial charge on any atom is -0.481 e. The summed E-state index contributed by atoms with van der Waals surface area (Å²) in [6.07, 6.45) is 5.53. The molecule has 0 unspecified atom stereocenters. The Morgan fingerprint density at radius 3 is 2.71 bits per heavy atom. The lowest BCUT2D eigenvalue weighted by Gasteiger charge is -2.32. The average Bonchev–Trinajstić information content (AvgIpc) is 3.25. The lowest BCUT2D eigenvalue weighted by atomic mass is 9.99. The van der Waals surface area contributed by atoms with Crippen molar-refractivity contribution in [3.05, 3.63) is 29.8 Å². The molecule has 3 heteroatoms. The van der Waals surface area contributed by atoms with Gasteiger partial charge in [-0.15, -0.1) is 0 Å². The maximum absolute atomic E-state index is 10.8. The van der Waals surface area contributed by atoms with Crippen molar-refractivity contribution in [2.24, 2.45) is 17.8 Å².